The molecule has 0 aliphatic heterocycles. The SMILES string of the molecule is CC(=O)c1ccc(NC(=O)CCCn2nc(-c3cccs3)ccc2=O)cc1. The normalized spacial score (nSPS) is 10.6. The number of carbonyl (C=O) groups is 2. The third kappa shape index (κ3) is 4.98. The number of hydrogen-bond acceptors (Lipinski definition) is 5. The lowest BCUT2D eigenvalue weighted by atomic mass is 10.1. The van der Waals surface area contributed by atoms with Gasteiger partial charge in [0, 0.05) is 30.3 Å². The maximum Gasteiger partial charge on any atom is 0.266 e. The number of Topliss-reactive ketones (excluding diaryl/α,β-unsaturated/α-hetero) is 1. The number of aromatic nitrogens is 2. The predicted molar refractivity (Wildman–Crippen MR) is 106 cm³/mol. The number of nitrogens with one attached hydrogen (secondary N) is 1. The van der Waals surface area contributed by atoms with E-state index >= 15 is 0 Å². The van der Waals surface area contributed by atoms with Crippen molar-refractivity contribution in [2.45, 2.75) is 26.3 Å². The van der Waals surface area contributed by atoms with Gasteiger partial charge in [-0.05, 0) is 55.1 Å². The fraction of sp³-hybridized carbons (Fsp3) is 0.200. The number of anilines is 1. The molecule has 0 fully saturated rings. The molecule has 0 radical (unpaired) electrons. The zero-order chi connectivity index (χ0) is 19.2. The molecule has 1 amide bonds. The summed E-state index contributed by atoms with van der Waals surface area (Å²) in [6.07, 6.45) is 0.768. The number of rotatable bonds is 7. The van der Waals surface area contributed by atoms with Gasteiger partial charge in [0.2, 0.25) is 5.91 Å². The first kappa shape index (κ1) is 18.7. The molecule has 3 aromatic rings. The molecule has 0 aliphatic rings. The van der Waals surface area contributed by atoms with Gasteiger partial charge in [-0.25, -0.2) is 4.68 Å². The lowest BCUT2D eigenvalue weighted by molar-refractivity contribution is -0.116. The molecule has 3 rings (SSSR count). The number of amides is 1. The quantitative estimate of drug-likeness (QED) is 0.634. The van der Waals surface area contributed by atoms with Crippen LogP contribution in [0.2, 0.25) is 0 Å². The van der Waals surface area contributed by atoms with Gasteiger partial charge in [-0.2, -0.15) is 5.10 Å². The fourth-order valence-corrected chi connectivity index (χ4v) is 3.26. The van der Waals surface area contributed by atoms with Crippen LogP contribution in [-0.4, -0.2) is 21.5 Å². The van der Waals surface area contributed by atoms with E-state index in [0.717, 1.165) is 10.6 Å². The Labute approximate surface area is 160 Å². The Hall–Kier alpha value is -3.06. The van der Waals surface area contributed by atoms with Gasteiger partial charge in [0.1, 0.15) is 5.69 Å². The summed E-state index contributed by atoms with van der Waals surface area (Å²) in [6, 6.07) is 13.9. The van der Waals surface area contributed by atoms with Crippen molar-refractivity contribution in [3.8, 4) is 10.6 Å². The zero-order valence-electron chi connectivity index (χ0n) is 14.8. The van der Waals surface area contributed by atoms with Gasteiger partial charge < -0.3 is 5.32 Å². The first-order chi connectivity index (χ1) is 13.0. The Kier molecular flexibility index (Phi) is 5.93. The molecular formula is C20H19N3O3S. The smallest absolute Gasteiger partial charge is 0.266 e. The molecule has 0 aliphatic carbocycles. The molecule has 7 heteroatoms. The summed E-state index contributed by atoms with van der Waals surface area (Å²) in [5.41, 5.74) is 1.80. The molecule has 27 heavy (non-hydrogen) atoms. The Morgan fingerprint density at radius 2 is 1.89 bits per heavy atom. The van der Waals surface area contributed by atoms with E-state index in [-0.39, 0.29) is 23.7 Å². The van der Waals surface area contributed by atoms with Crippen LogP contribution in [0.1, 0.15) is 30.1 Å². The molecule has 0 saturated carbocycles. The molecule has 0 bridgehead atoms. The van der Waals surface area contributed by atoms with Crippen molar-refractivity contribution in [3.63, 3.8) is 0 Å². The van der Waals surface area contributed by atoms with Crippen LogP contribution in [-0.2, 0) is 11.3 Å². The second-order valence-electron chi connectivity index (χ2n) is 6.04. The van der Waals surface area contributed by atoms with Crippen molar-refractivity contribution in [1.82, 2.24) is 9.78 Å². The van der Waals surface area contributed by atoms with Crippen LogP contribution in [0.25, 0.3) is 10.6 Å². The van der Waals surface area contributed by atoms with Crippen LogP contribution >= 0.6 is 11.3 Å². The highest BCUT2D eigenvalue weighted by molar-refractivity contribution is 7.13. The van der Waals surface area contributed by atoms with E-state index in [4.69, 9.17) is 0 Å². The summed E-state index contributed by atoms with van der Waals surface area (Å²) < 4.78 is 1.39. The van der Waals surface area contributed by atoms with Crippen molar-refractivity contribution in [1.29, 1.82) is 0 Å². The van der Waals surface area contributed by atoms with Crippen LogP contribution in [0.15, 0.2) is 58.7 Å². The third-order valence-electron chi connectivity index (χ3n) is 3.99. The summed E-state index contributed by atoms with van der Waals surface area (Å²) in [6.45, 7) is 1.87. The Bertz CT molecular complexity index is 992. The molecule has 0 spiro atoms. The molecule has 2 aromatic heterocycles. The standard InChI is InChI=1S/C20H19N3O3S/c1-14(24)15-6-8-16(9-7-15)21-19(25)5-2-12-23-20(26)11-10-17(22-23)18-4-3-13-27-18/h3-4,6-11,13H,2,5,12H2,1H3,(H,21,25). The first-order valence-electron chi connectivity index (χ1n) is 8.56. The molecule has 2 heterocycles. The molecule has 0 saturated heterocycles. The van der Waals surface area contributed by atoms with E-state index in [2.05, 4.69) is 10.4 Å². The van der Waals surface area contributed by atoms with Crippen molar-refractivity contribution in [2.24, 2.45) is 0 Å². The average Bonchev–Trinajstić information content (AvgIpc) is 3.18. The Morgan fingerprint density at radius 1 is 1.11 bits per heavy atom. The van der Waals surface area contributed by atoms with Crippen LogP contribution in [0.4, 0.5) is 5.69 Å². The summed E-state index contributed by atoms with van der Waals surface area (Å²) in [5.74, 6) is -0.163. The van der Waals surface area contributed by atoms with Crippen LogP contribution in [0.3, 0.4) is 0 Å². The number of carbonyl (C=O) groups excluding carboxylic acids is 2. The van der Waals surface area contributed by atoms with Crippen molar-refractivity contribution < 1.29 is 9.59 Å². The minimum Gasteiger partial charge on any atom is -0.326 e. The third-order valence-corrected chi connectivity index (χ3v) is 4.88. The lowest BCUT2D eigenvalue weighted by Gasteiger charge is -2.07. The number of aryl methyl sites for hydroxylation is 1. The summed E-state index contributed by atoms with van der Waals surface area (Å²) in [7, 11) is 0. The minimum atomic E-state index is -0.185. The molecular weight excluding hydrogens is 362 g/mol. The Balaban J connectivity index is 1.55. The number of ketones is 1. The fourth-order valence-electron chi connectivity index (χ4n) is 2.57. The second-order valence-corrected chi connectivity index (χ2v) is 6.99. The van der Waals surface area contributed by atoms with E-state index < -0.39 is 0 Å². The van der Waals surface area contributed by atoms with Gasteiger partial charge in [-0.15, -0.1) is 11.3 Å². The number of benzene rings is 1. The molecule has 6 nitrogen and oxygen atoms in total. The minimum absolute atomic E-state index is 0.0180. The highest BCUT2D eigenvalue weighted by Crippen LogP contribution is 2.21. The lowest BCUT2D eigenvalue weighted by Crippen LogP contribution is -2.23. The highest BCUT2D eigenvalue weighted by Gasteiger charge is 2.07. The first-order valence-corrected chi connectivity index (χ1v) is 9.44. The van der Waals surface area contributed by atoms with Crippen LogP contribution in [0, 0.1) is 0 Å². The molecule has 0 atom stereocenters. The average molecular weight is 381 g/mol. The molecule has 1 N–H and O–H groups in total. The van der Waals surface area contributed by atoms with E-state index in [0.29, 0.717) is 24.2 Å². The van der Waals surface area contributed by atoms with Crippen molar-refractivity contribution >= 4 is 28.7 Å². The molecule has 138 valence electrons. The maximum absolute atomic E-state index is 12.1. The van der Waals surface area contributed by atoms with Gasteiger partial charge in [0.05, 0.1) is 4.88 Å². The highest BCUT2D eigenvalue weighted by atomic mass is 32.1. The number of hydrogen-bond donors (Lipinski definition) is 1. The summed E-state index contributed by atoms with van der Waals surface area (Å²) in [5, 5.41) is 9.12. The van der Waals surface area contributed by atoms with Crippen molar-refractivity contribution in [2.75, 3.05) is 5.32 Å². The van der Waals surface area contributed by atoms with Gasteiger partial charge in [-0.3, -0.25) is 14.4 Å². The predicted octanol–water partition coefficient (Wildman–Crippen LogP) is 3.59. The van der Waals surface area contributed by atoms with Gasteiger partial charge in [-0.1, -0.05) is 6.07 Å². The molecule has 1 aromatic carbocycles. The van der Waals surface area contributed by atoms with Crippen LogP contribution < -0.4 is 10.9 Å². The van der Waals surface area contributed by atoms with Crippen LogP contribution in [0.5, 0.6) is 0 Å². The van der Waals surface area contributed by atoms with E-state index in [1.165, 1.54) is 17.7 Å². The molecule has 0 unspecified atom stereocenters. The van der Waals surface area contributed by atoms with E-state index in [1.54, 1.807) is 41.7 Å². The number of nitrogens with zero attached hydrogens (tertiary/aromatic N) is 2. The topological polar surface area (TPSA) is 81.1 Å². The van der Waals surface area contributed by atoms with E-state index in [1.807, 2.05) is 17.5 Å². The zero-order valence-corrected chi connectivity index (χ0v) is 15.7. The van der Waals surface area contributed by atoms with E-state index in [9.17, 15) is 14.4 Å². The van der Waals surface area contributed by atoms with Gasteiger partial charge >= 0.3 is 0 Å². The number of thiophene rings is 1. The monoisotopic (exact) mass is 381 g/mol. The largest absolute Gasteiger partial charge is 0.326 e. The maximum atomic E-state index is 12.1. The summed E-state index contributed by atoms with van der Waals surface area (Å²) >= 11 is 1.56. The summed E-state index contributed by atoms with van der Waals surface area (Å²) in [4.78, 5) is 36.3. The van der Waals surface area contributed by atoms with Crippen molar-refractivity contribution in [3.05, 3.63) is 69.8 Å². The van der Waals surface area contributed by atoms with Gasteiger partial charge in [0.25, 0.3) is 5.56 Å². The van der Waals surface area contributed by atoms with Gasteiger partial charge in [0.15, 0.2) is 5.78 Å². The second kappa shape index (κ2) is 8.55. The Morgan fingerprint density at radius 3 is 2.56 bits per heavy atom.